The van der Waals surface area contributed by atoms with Gasteiger partial charge in [0.15, 0.2) is 0 Å². The summed E-state index contributed by atoms with van der Waals surface area (Å²) in [7, 11) is 0. The van der Waals surface area contributed by atoms with E-state index in [9.17, 15) is 4.79 Å². The normalized spacial score (nSPS) is 32.0. The summed E-state index contributed by atoms with van der Waals surface area (Å²) in [4.78, 5) is 9.83. The maximum atomic E-state index is 9.83. The van der Waals surface area contributed by atoms with Crippen molar-refractivity contribution < 1.29 is 4.79 Å². The largest absolute Gasteiger partial charge is 0.303 e. The Bertz CT molecular complexity index is 111. The van der Waals surface area contributed by atoms with Gasteiger partial charge >= 0.3 is 0 Å². The van der Waals surface area contributed by atoms with Gasteiger partial charge in [-0.1, -0.05) is 0 Å². The standard InChI is InChI=1S/C5H6Cl2O/c6-5(7)3-4(5)1-2-8/h2,4H,1,3H2. The Labute approximate surface area is 58.0 Å². The Hall–Kier alpha value is 0.250. The van der Waals surface area contributed by atoms with Crippen LogP contribution in [-0.2, 0) is 4.79 Å². The van der Waals surface area contributed by atoms with Crippen LogP contribution in [0.15, 0.2) is 0 Å². The lowest BCUT2D eigenvalue weighted by Gasteiger charge is -1.89. The number of carbonyl (C=O) groups is 1. The maximum Gasteiger partial charge on any atom is 0.122 e. The first-order valence-electron chi connectivity index (χ1n) is 2.48. The van der Waals surface area contributed by atoms with Gasteiger partial charge in [-0.05, 0) is 6.42 Å². The molecule has 0 bridgehead atoms. The van der Waals surface area contributed by atoms with E-state index in [0.29, 0.717) is 6.42 Å². The van der Waals surface area contributed by atoms with E-state index in [4.69, 9.17) is 23.2 Å². The van der Waals surface area contributed by atoms with Crippen molar-refractivity contribution in [2.45, 2.75) is 17.2 Å². The van der Waals surface area contributed by atoms with E-state index >= 15 is 0 Å². The Morgan fingerprint density at radius 2 is 2.25 bits per heavy atom. The molecule has 1 saturated carbocycles. The van der Waals surface area contributed by atoms with Crippen LogP contribution in [0.25, 0.3) is 0 Å². The molecule has 0 spiro atoms. The van der Waals surface area contributed by atoms with Crippen molar-refractivity contribution in [3.63, 3.8) is 0 Å². The molecule has 1 atom stereocenters. The lowest BCUT2D eigenvalue weighted by Crippen LogP contribution is -1.89. The zero-order chi connectivity index (χ0) is 6.20. The van der Waals surface area contributed by atoms with Gasteiger partial charge in [-0.15, -0.1) is 23.2 Å². The van der Waals surface area contributed by atoms with Gasteiger partial charge in [0, 0.05) is 12.3 Å². The molecule has 1 unspecified atom stereocenters. The number of hydrogen-bond acceptors (Lipinski definition) is 1. The lowest BCUT2D eigenvalue weighted by molar-refractivity contribution is -0.108. The monoisotopic (exact) mass is 152 g/mol. The third-order valence-electron chi connectivity index (χ3n) is 1.34. The third kappa shape index (κ3) is 1.15. The first kappa shape index (κ1) is 6.37. The molecule has 1 rings (SSSR count). The summed E-state index contributed by atoms with van der Waals surface area (Å²) in [6.07, 6.45) is 2.14. The van der Waals surface area contributed by atoms with Crippen LogP contribution in [0.2, 0.25) is 0 Å². The van der Waals surface area contributed by atoms with Gasteiger partial charge in [0.25, 0.3) is 0 Å². The number of rotatable bonds is 2. The molecule has 0 aromatic rings. The first-order chi connectivity index (χ1) is 3.67. The van der Waals surface area contributed by atoms with E-state index in [0.717, 1.165) is 12.7 Å². The summed E-state index contributed by atoms with van der Waals surface area (Å²) in [5, 5.41) is 0. The number of aldehydes is 1. The summed E-state index contributed by atoms with van der Waals surface area (Å²) in [6, 6.07) is 0. The fourth-order valence-electron chi connectivity index (χ4n) is 0.642. The fourth-order valence-corrected chi connectivity index (χ4v) is 1.19. The van der Waals surface area contributed by atoms with E-state index in [1.807, 2.05) is 0 Å². The summed E-state index contributed by atoms with van der Waals surface area (Å²) >= 11 is 11.2. The van der Waals surface area contributed by atoms with Gasteiger partial charge in [0.1, 0.15) is 10.6 Å². The summed E-state index contributed by atoms with van der Waals surface area (Å²) < 4.78 is -0.569. The minimum atomic E-state index is -0.569. The van der Waals surface area contributed by atoms with Gasteiger partial charge in [0.2, 0.25) is 0 Å². The van der Waals surface area contributed by atoms with Crippen LogP contribution in [0, 0.1) is 5.92 Å². The van der Waals surface area contributed by atoms with Gasteiger partial charge in [0.05, 0.1) is 0 Å². The van der Waals surface area contributed by atoms with Crippen molar-refractivity contribution >= 4 is 29.5 Å². The second-order valence-corrected chi connectivity index (χ2v) is 3.61. The molecule has 1 fully saturated rings. The van der Waals surface area contributed by atoms with Gasteiger partial charge in [-0.2, -0.15) is 0 Å². The van der Waals surface area contributed by atoms with Crippen LogP contribution in [0.3, 0.4) is 0 Å². The predicted octanol–water partition coefficient (Wildman–Crippen LogP) is 1.77. The molecular formula is C5H6Cl2O. The molecule has 0 radical (unpaired) electrons. The van der Waals surface area contributed by atoms with Crippen LogP contribution >= 0.6 is 23.2 Å². The molecule has 1 aliphatic rings. The van der Waals surface area contributed by atoms with Crippen molar-refractivity contribution in [2.24, 2.45) is 5.92 Å². The van der Waals surface area contributed by atoms with Gasteiger partial charge < -0.3 is 4.79 Å². The zero-order valence-corrected chi connectivity index (χ0v) is 5.74. The minimum absolute atomic E-state index is 0.225. The number of carbonyl (C=O) groups excluding carboxylic acids is 1. The first-order valence-corrected chi connectivity index (χ1v) is 3.24. The van der Waals surface area contributed by atoms with Gasteiger partial charge in [-0.25, -0.2) is 0 Å². The molecular weight excluding hydrogens is 147 g/mol. The van der Waals surface area contributed by atoms with E-state index in [2.05, 4.69) is 0 Å². The van der Waals surface area contributed by atoms with Gasteiger partial charge in [-0.3, -0.25) is 0 Å². The van der Waals surface area contributed by atoms with E-state index in [-0.39, 0.29) is 5.92 Å². The minimum Gasteiger partial charge on any atom is -0.303 e. The second kappa shape index (κ2) is 1.89. The SMILES string of the molecule is O=CCC1CC1(Cl)Cl. The highest BCUT2D eigenvalue weighted by Gasteiger charge is 2.50. The summed E-state index contributed by atoms with van der Waals surface area (Å²) in [6.45, 7) is 0. The quantitative estimate of drug-likeness (QED) is 0.436. The fraction of sp³-hybridized carbons (Fsp3) is 0.800. The average molecular weight is 153 g/mol. The molecule has 46 valence electrons. The Balaban J connectivity index is 2.26. The van der Waals surface area contributed by atoms with Crippen LogP contribution in [-0.4, -0.2) is 10.6 Å². The van der Waals surface area contributed by atoms with Crippen molar-refractivity contribution in [1.82, 2.24) is 0 Å². The molecule has 0 saturated heterocycles. The van der Waals surface area contributed by atoms with Crippen LogP contribution in [0.4, 0.5) is 0 Å². The molecule has 8 heavy (non-hydrogen) atoms. The molecule has 0 heterocycles. The predicted molar refractivity (Wildman–Crippen MR) is 33.2 cm³/mol. The number of halogens is 2. The Morgan fingerprint density at radius 1 is 1.75 bits per heavy atom. The van der Waals surface area contributed by atoms with Crippen molar-refractivity contribution in [1.29, 1.82) is 0 Å². The summed E-state index contributed by atoms with van der Waals surface area (Å²) in [5.41, 5.74) is 0. The smallest absolute Gasteiger partial charge is 0.122 e. The molecule has 0 aliphatic heterocycles. The second-order valence-electron chi connectivity index (χ2n) is 2.06. The highest BCUT2D eigenvalue weighted by molar-refractivity contribution is 6.50. The number of alkyl halides is 2. The van der Waals surface area contributed by atoms with E-state index in [1.54, 1.807) is 0 Å². The highest BCUT2D eigenvalue weighted by Crippen LogP contribution is 2.54. The van der Waals surface area contributed by atoms with Crippen molar-refractivity contribution in [3.8, 4) is 0 Å². The van der Waals surface area contributed by atoms with Crippen LogP contribution in [0.5, 0.6) is 0 Å². The number of hydrogen-bond donors (Lipinski definition) is 0. The van der Waals surface area contributed by atoms with Crippen LogP contribution in [0.1, 0.15) is 12.8 Å². The summed E-state index contributed by atoms with van der Waals surface area (Å²) in [5.74, 6) is 0.225. The molecule has 0 aromatic carbocycles. The Morgan fingerprint density at radius 3 is 2.38 bits per heavy atom. The van der Waals surface area contributed by atoms with Crippen molar-refractivity contribution in [2.75, 3.05) is 0 Å². The topological polar surface area (TPSA) is 17.1 Å². The van der Waals surface area contributed by atoms with E-state index in [1.165, 1.54) is 0 Å². The third-order valence-corrected chi connectivity index (χ3v) is 2.26. The highest BCUT2D eigenvalue weighted by atomic mass is 35.5. The molecule has 0 amide bonds. The van der Waals surface area contributed by atoms with Crippen molar-refractivity contribution in [3.05, 3.63) is 0 Å². The average Bonchev–Trinajstić information content (AvgIpc) is 2.15. The van der Waals surface area contributed by atoms with Crippen LogP contribution < -0.4 is 0 Å². The maximum absolute atomic E-state index is 9.83. The van der Waals surface area contributed by atoms with E-state index < -0.39 is 4.33 Å². The Kier molecular flexibility index (Phi) is 1.50. The molecule has 0 N–H and O–H groups in total. The molecule has 3 heteroatoms. The molecule has 1 nitrogen and oxygen atoms in total. The molecule has 0 aromatic heterocycles. The molecule has 1 aliphatic carbocycles. The zero-order valence-electron chi connectivity index (χ0n) is 4.23. The lowest BCUT2D eigenvalue weighted by atomic mass is 10.3.